The van der Waals surface area contributed by atoms with Crippen molar-refractivity contribution in [1.82, 2.24) is 21.3 Å². The molecule has 8 amide bonds. The average molecular weight is 1460 g/mol. The highest BCUT2D eigenvalue weighted by Gasteiger charge is 2.30. The van der Waals surface area contributed by atoms with E-state index in [1.807, 2.05) is 68.0 Å². The maximum Gasteiger partial charge on any atom is 0.328 e. The number of hydrogen-bond donors (Lipinski definition) is 4. The van der Waals surface area contributed by atoms with Crippen LogP contribution in [0.25, 0.3) is 102 Å². The fourth-order valence-electron chi connectivity index (χ4n) is 13.4. The summed E-state index contributed by atoms with van der Waals surface area (Å²) in [6.07, 6.45) is 36.3. The number of benzene rings is 2. The van der Waals surface area contributed by atoms with Gasteiger partial charge in [0.1, 0.15) is 11.1 Å². The highest BCUT2D eigenvalue weighted by Crippen LogP contribution is 2.51. The number of aryl methyl sites for hydroxylation is 4. The van der Waals surface area contributed by atoms with E-state index in [0.29, 0.717) is 0 Å². The van der Waals surface area contributed by atoms with Crippen LogP contribution in [0.1, 0.15) is 214 Å². The summed E-state index contributed by atoms with van der Waals surface area (Å²) in [7, 11) is 0. The molecule has 2 aromatic carbocycles. The predicted octanol–water partition coefficient (Wildman–Crippen LogP) is 24.8. The lowest BCUT2D eigenvalue weighted by Gasteiger charge is -2.13. The minimum atomic E-state index is -0.794. The molecule has 2 aliphatic rings. The first-order valence-corrected chi connectivity index (χ1v) is 42.3. The molecule has 10 aromatic rings. The highest BCUT2D eigenvalue weighted by molar-refractivity contribution is 7.36. The van der Waals surface area contributed by atoms with Gasteiger partial charge in [-0.1, -0.05) is 180 Å². The van der Waals surface area contributed by atoms with Gasteiger partial charge >= 0.3 is 12.1 Å². The second-order valence-corrected chi connectivity index (χ2v) is 34.8. The van der Waals surface area contributed by atoms with Crippen LogP contribution in [-0.4, -0.2) is 35.7 Å². The van der Waals surface area contributed by atoms with Gasteiger partial charge in [0.15, 0.2) is 0 Å². The highest BCUT2D eigenvalue weighted by atomic mass is 32.1. The molecule has 0 aliphatic carbocycles. The van der Waals surface area contributed by atoms with Gasteiger partial charge in [-0.2, -0.15) is 0 Å². The van der Waals surface area contributed by atoms with E-state index in [4.69, 9.17) is 0 Å². The topological polar surface area (TPSA) is 151 Å². The lowest BCUT2D eigenvalue weighted by molar-refractivity contribution is -0.125. The third-order valence-electron chi connectivity index (χ3n) is 18.7. The van der Waals surface area contributed by atoms with Crippen LogP contribution < -0.4 is 21.3 Å². The largest absolute Gasteiger partial charge is 0.328 e. The van der Waals surface area contributed by atoms with Gasteiger partial charge in [0, 0.05) is 78.7 Å². The molecule has 0 bridgehead atoms. The molecule has 18 heteroatoms. The molecule has 0 radical (unpaired) electrons. The number of unbranched alkanes of at least 4 members (excludes halogenated alkanes) is 20. The maximum absolute atomic E-state index is 12.8. The number of rotatable bonds is 36. The lowest BCUT2D eigenvalue weighted by atomic mass is 10.0. The Bertz CT molecular complexity index is 4250. The SMILES string of the molecule is CCCCCCCCc1cc(C=C2C(=O)NC(=O)NC2=O)sc1-c1ccc(-c2sc(-c3ccc4c(c3)sc3c5ccc(-c6cc(CCCCCCCC)c(-c7ccc(-c8sc(C=C9C(=O)NC(=O)NC9=O)cc8CCCCCCCC)s7)s6)cc5sc43)cc2CCCCCCCC)s1. The Morgan fingerprint density at radius 3 is 0.918 bits per heavy atom. The Morgan fingerprint density at radius 2 is 0.592 bits per heavy atom. The summed E-state index contributed by atoms with van der Waals surface area (Å²) in [5.74, 6) is -2.70. The molecule has 2 saturated heterocycles. The second kappa shape index (κ2) is 34.3. The number of urea groups is 2. The number of amides is 8. The van der Waals surface area contributed by atoms with Gasteiger partial charge in [-0.15, -0.1) is 90.7 Å². The van der Waals surface area contributed by atoms with Crippen molar-refractivity contribution in [2.75, 3.05) is 0 Å². The van der Waals surface area contributed by atoms with E-state index in [9.17, 15) is 28.8 Å². The standard InChI is InChI=1S/C80H88N4O6S8/c1-5-9-13-17-21-25-29-51-41-55(47-59-75(85)81-79(89)82-76(59)86)91-69(51)61-37-39-63(93-61)71-53(31-27-23-19-15-11-7-3)45-65(95-71)49-33-35-57-67(43-49)97-74-58-36-34-50(44-68(58)98-73(57)74)66-46-54(32-28-24-20-16-12-8-4)72(96-66)64-40-38-62(94-64)70-52(30-26-22-18-14-10-6-2)42-56(92-70)48-60-77(87)83-80(90)84-78(60)88/h33-48H,5-32H2,1-4H3,(H2,81,82,85,86,89)(H2,83,84,87,88,90). The Labute approximate surface area is 608 Å². The van der Waals surface area contributed by atoms with Crippen LogP contribution in [-0.2, 0) is 44.9 Å². The van der Waals surface area contributed by atoms with Crippen LogP contribution >= 0.6 is 90.7 Å². The van der Waals surface area contributed by atoms with Crippen LogP contribution in [0.3, 0.4) is 0 Å². The Hall–Kier alpha value is -6.48. The van der Waals surface area contributed by atoms with Gasteiger partial charge in [-0.05, 0) is 158 Å². The molecule has 12 rings (SSSR count). The number of thiophene rings is 8. The molecule has 98 heavy (non-hydrogen) atoms. The van der Waals surface area contributed by atoms with Crippen molar-refractivity contribution in [1.29, 1.82) is 0 Å². The van der Waals surface area contributed by atoms with Gasteiger partial charge in [-0.25, -0.2) is 9.59 Å². The van der Waals surface area contributed by atoms with Crippen LogP contribution in [0.2, 0.25) is 0 Å². The monoisotopic (exact) mass is 1460 g/mol. The van der Waals surface area contributed by atoms with Gasteiger partial charge in [0.25, 0.3) is 23.6 Å². The summed E-state index contributed by atoms with van der Waals surface area (Å²) < 4.78 is 5.31. The van der Waals surface area contributed by atoms with Crippen molar-refractivity contribution in [2.45, 2.75) is 207 Å². The summed E-state index contributed by atoms with van der Waals surface area (Å²) in [6.45, 7) is 9.04. The van der Waals surface area contributed by atoms with E-state index in [1.54, 1.807) is 34.8 Å². The summed E-state index contributed by atoms with van der Waals surface area (Å²) in [5.41, 5.74) is 7.66. The molecule has 2 aliphatic heterocycles. The first kappa shape index (κ1) is 71.3. The van der Waals surface area contributed by atoms with Crippen LogP contribution in [0.4, 0.5) is 9.59 Å². The molecular formula is C80H88N4O6S8. The molecular weight excluding hydrogens is 1370 g/mol. The fraction of sp³-hybridized carbons (Fsp3) is 0.400. The van der Waals surface area contributed by atoms with Crippen molar-refractivity contribution in [2.24, 2.45) is 0 Å². The van der Waals surface area contributed by atoms with Gasteiger partial charge in [-0.3, -0.25) is 40.4 Å². The average Bonchev–Trinajstić information content (AvgIpc) is 1.59. The van der Waals surface area contributed by atoms with Gasteiger partial charge in [0.2, 0.25) is 0 Å². The Balaban J connectivity index is 0.824. The van der Waals surface area contributed by atoms with E-state index in [-0.39, 0.29) is 11.1 Å². The number of carbonyl (C=O) groups excluding carboxylic acids is 6. The number of imide groups is 4. The molecule has 0 spiro atoms. The summed E-state index contributed by atoms with van der Waals surface area (Å²) in [5, 5.41) is 11.6. The minimum absolute atomic E-state index is 0.0579. The van der Waals surface area contributed by atoms with E-state index in [2.05, 4.69) is 134 Å². The smallest absolute Gasteiger partial charge is 0.273 e. The maximum atomic E-state index is 12.8. The summed E-state index contributed by atoms with van der Waals surface area (Å²) in [4.78, 5) is 89.3. The molecule has 512 valence electrons. The molecule has 0 saturated carbocycles. The normalized spacial score (nSPS) is 13.6. The lowest BCUT2D eigenvalue weighted by Crippen LogP contribution is -2.51. The number of carbonyl (C=O) groups is 6. The zero-order valence-electron chi connectivity index (χ0n) is 56.8. The van der Waals surface area contributed by atoms with Gasteiger partial charge in [0.05, 0.1) is 9.40 Å². The van der Waals surface area contributed by atoms with Crippen LogP contribution in [0.15, 0.2) is 96.1 Å². The molecule has 0 atom stereocenters. The van der Waals surface area contributed by atoms with E-state index in [0.717, 1.165) is 74.0 Å². The number of fused-ring (bicyclic) bond motifs is 5. The van der Waals surface area contributed by atoms with Crippen molar-refractivity contribution >= 4 is 168 Å². The van der Waals surface area contributed by atoms with Crippen molar-refractivity contribution in [3.8, 4) is 59.9 Å². The first-order valence-electron chi connectivity index (χ1n) is 35.7. The molecule has 10 nitrogen and oxygen atoms in total. The molecule has 4 N–H and O–H groups in total. The van der Waals surface area contributed by atoms with E-state index in [1.165, 1.54) is 227 Å². The fourth-order valence-corrected chi connectivity index (χ4v) is 23.4. The Kier molecular flexibility index (Phi) is 24.9. The second-order valence-electron chi connectivity index (χ2n) is 26.2. The summed E-state index contributed by atoms with van der Waals surface area (Å²) >= 11 is 14.5. The molecule has 2 fully saturated rings. The van der Waals surface area contributed by atoms with E-state index >= 15 is 0 Å². The molecule has 8 aromatic heterocycles. The number of hydrogen-bond acceptors (Lipinski definition) is 14. The number of barbiturate groups is 2. The zero-order chi connectivity index (χ0) is 68.1. The summed E-state index contributed by atoms with van der Waals surface area (Å²) in [6, 6.07) is 31.0. The minimum Gasteiger partial charge on any atom is -0.273 e. The van der Waals surface area contributed by atoms with Crippen molar-refractivity contribution in [3.05, 3.63) is 128 Å². The first-order chi connectivity index (χ1) is 47.9. The zero-order valence-corrected chi connectivity index (χ0v) is 63.3. The Morgan fingerprint density at radius 1 is 0.296 bits per heavy atom. The van der Waals surface area contributed by atoms with Crippen LogP contribution in [0.5, 0.6) is 0 Å². The van der Waals surface area contributed by atoms with Crippen LogP contribution in [0, 0.1) is 0 Å². The number of nitrogens with one attached hydrogen (secondary N) is 4. The van der Waals surface area contributed by atoms with E-state index < -0.39 is 35.7 Å². The quantitative estimate of drug-likeness (QED) is 0.0174. The third kappa shape index (κ3) is 17.3. The van der Waals surface area contributed by atoms with Gasteiger partial charge < -0.3 is 0 Å². The molecule has 0 unspecified atom stereocenters. The predicted molar refractivity (Wildman–Crippen MR) is 422 cm³/mol. The van der Waals surface area contributed by atoms with Crippen molar-refractivity contribution in [3.63, 3.8) is 0 Å². The third-order valence-corrected chi connectivity index (χ3v) is 28.8. The van der Waals surface area contributed by atoms with Crippen molar-refractivity contribution < 1.29 is 28.8 Å². The molecule has 10 heterocycles.